The molecule has 8 aromatic rings. The molecule has 0 saturated carbocycles. The minimum Gasteiger partial charge on any atom is -0.306 e. The van der Waals surface area contributed by atoms with E-state index < -0.39 is 0 Å². The van der Waals surface area contributed by atoms with Gasteiger partial charge in [0.2, 0.25) is 0 Å². The normalized spacial score (nSPS) is 12.6. The van der Waals surface area contributed by atoms with Crippen LogP contribution in [0.1, 0.15) is 48.2 Å². The van der Waals surface area contributed by atoms with Crippen molar-refractivity contribution in [3.05, 3.63) is 156 Å². The standard InChI is InChI=1S/C41H34F2N10O/c1-25(29-5-13-33(14-6-29)50-21-37(44-23-50)39-27(3)46-48-52(39)35-17-9-31(42)10-18-35)41(54)26(2)30-7-15-34(16-8-30)51-22-38(45-24-51)40-28(4)47-49-53(40)36-19-11-32(43)12-20-36/h5-26H,1-4H3. The number of halogens is 2. The molecule has 4 heterocycles. The van der Waals surface area contributed by atoms with Crippen molar-refractivity contribution >= 4 is 5.78 Å². The van der Waals surface area contributed by atoms with Gasteiger partial charge in [0.25, 0.3) is 0 Å². The van der Waals surface area contributed by atoms with Crippen LogP contribution in [0.4, 0.5) is 8.78 Å². The van der Waals surface area contributed by atoms with Gasteiger partial charge in [-0.15, -0.1) is 10.2 Å². The largest absolute Gasteiger partial charge is 0.306 e. The Kier molecular flexibility index (Phi) is 8.82. The summed E-state index contributed by atoms with van der Waals surface area (Å²) in [5.41, 5.74) is 9.12. The second-order valence-corrected chi connectivity index (χ2v) is 13.2. The van der Waals surface area contributed by atoms with Gasteiger partial charge in [0.1, 0.15) is 40.2 Å². The molecule has 2 unspecified atom stereocenters. The van der Waals surface area contributed by atoms with Crippen LogP contribution in [-0.2, 0) is 4.79 Å². The van der Waals surface area contributed by atoms with Crippen LogP contribution in [0.2, 0.25) is 0 Å². The molecule has 268 valence electrons. The molecule has 0 aliphatic heterocycles. The predicted molar refractivity (Wildman–Crippen MR) is 199 cm³/mol. The Balaban J connectivity index is 0.947. The summed E-state index contributed by atoms with van der Waals surface area (Å²) in [6.45, 7) is 7.58. The van der Waals surface area contributed by atoms with Gasteiger partial charge >= 0.3 is 0 Å². The van der Waals surface area contributed by atoms with Crippen LogP contribution < -0.4 is 0 Å². The Morgan fingerprint density at radius 3 is 1.26 bits per heavy atom. The number of carbonyl (C=O) groups is 1. The maximum Gasteiger partial charge on any atom is 0.147 e. The summed E-state index contributed by atoms with van der Waals surface area (Å²) in [7, 11) is 0. The molecule has 0 saturated heterocycles. The van der Waals surface area contributed by atoms with Crippen molar-refractivity contribution in [1.82, 2.24) is 49.1 Å². The van der Waals surface area contributed by atoms with E-state index in [1.54, 1.807) is 46.3 Å². The third-order valence-corrected chi connectivity index (χ3v) is 9.71. The maximum atomic E-state index is 13.7. The van der Waals surface area contributed by atoms with E-state index in [0.29, 0.717) is 45.5 Å². The summed E-state index contributed by atoms with van der Waals surface area (Å²) >= 11 is 0. The lowest BCUT2D eigenvalue weighted by atomic mass is 9.86. The third kappa shape index (κ3) is 6.40. The van der Waals surface area contributed by atoms with Crippen molar-refractivity contribution in [2.45, 2.75) is 39.5 Å². The fourth-order valence-electron chi connectivity index (χ4n) is 6.57. The van der Waals surface area contributed by atoms with Crippen LogP contribution in [0.25, 0.3) is 45.5 Å². The number of aryl methyl sites for hydroxylation is 2. The molecule has 54 heavy (non-hydrogen) atoms. The molecular weight excluding hydrogens is 687 g/mol. The molecule has 11 nitrogen and oxygen atoms in total. The van der Waals surface area contributed by atoms with Gasteiger partial charge in [0, 0.05) is 35.6 Å². The number of hydrogen-bond acceptors (Lipinski definition) is 7. The Morgan fingerprint density at radius 2 is 0.889 bits per heavy atom. The van der Waals surface area contributed by atoms with E-state index in [1.165, 1.54) is 24.3 Å². The van der Waals surface area contributed by atoms with Crippen LogP contribution in [0.3, 0.4) is 0 Å². The topological polar surface area (TPSA) is 114 Å². The first kappa shape index (κ1) is 34.2. The summed E-state index contributed by atoms with van der Waals surface area (Å²) in [5, 5.41) is 16.9. The molecule has 4 aromatic heterocycles. The zero-order valence-electron chi connectivity index (χ0n) is 29.8. The van der Waals surface area contributed by atoms with E-state index >= 15 is 0 Å². The highest BCUT2D eigenvalue weighted by Crippen LogP contribution is 2.30. The summed E-state index contributed by atoms with van der Waals surface area (Å²) < 4.78 is 34.2. The number of imidazole rings is 2. The average molecular weight is 721 g/mol. The van der Waals surface area contributed by atoms with E-state index in [4.69, 9.17) is 0 Å². The van der Waals surface area contributed by atoms with E-state index in [0.717, 1.165) is 22.5 Å². The SMILES string of the molecule is Cc1nnn(-c2ccc(F)cc2)c1-c1cn(-c2ccc(C(C)C(=O)C(C)c3ccc(-n4cnc(-c5c(C)nnn5-c5ccc(F)cc5)c4)cc3)cc2)cn1. The van der Waals surface area contributed by atoms with Crippen molar-refractivity contribution in [2.75, 3.05) is 0 Å². The Labute approximate surface area is 309 Å². The molecule has 0 fully saturated rings. The molecule has 0 radical (unpaired) electrons. The fourth-order valence-corrected chi connectivity index (χ4v) is 6.57. The predicted octanol–water partition coefficient (Wildman–Crippen LogP) is 7.92. The molecule has 2 atom stereocenters. The minimum atomic E-state index is -0.329. The van der Waals surface area contributed by atoms with Crippen LogP contribution >= 0.6 is 0 Å². The summed E-state index contributed by atoms with van der Waals surface area (Å²) in [5.74, 6) is -1.20. The first-order chi connectivity index (χ1) is 26.1. The highest BCUT2D eigenvalue weighted by Gasteiger charge is 2.24. The van der Waals surface area contributed by atoms with Crippen LogP contribution in [0.15, 0.2) is 122 Å². The lowest BCUT2D eigenvalue weighted by molar-refractivity contribution is -0.121. The number of rotatable bonds is 10. The van der Waals surface area contributed by atoms with E-state index in [9.17, 15) is 13.6 Å². The summed E-state index contributed by atoms with van der Waals surface area (Å²) in [6, 6.07) is 27.9. The number of Topliss-reactive ketones (excluding diaryl/α,β-unsaturated/α-hetero) is 1. The highest BCUT2D eigenvalue weighted by atomic mass is 19.1. The molecule has 0 spiro atoms. The number of ketones is 1. The first-order valence-corrected chi connectivity index (χ1v) is 17.3. The van der Waals surface area contributed by atoms with Gasteiger partial charge in [-0.25, -0.2) is 28.1 Å². The number of aromatic nitrogens is 10. The first-order valence-electron chi connectivity index (χ1n) is 17.3. The summed E-state index contributed by atoms with van der Waals surface area (Å²) in [6.07, 6.45) is 7.23. The van der Waals surface area contributed by atoms with Crippen molar-refractivity contribution in [3.63, 3.8) is 0 Å². The fraction of sp³-hybridized carbons (Fsp3) is 0.146. The van der Waals surface area contributed by atoms with Gasteiger partial charge in [-0.3, -0.25) is 4.79 Å². The van der Waals surface area contributed by atoms with Crippen molar-refractivity contribution < 1.29 is 13.6 Å². The zero-order valence-corrected chi connectivity index (χ0v) is 29.8. The van der Waals surface area contributed by atoms with Gasteiger partial charge in [-0.1, -0.05) is 48.5 Å². The Hall–Kier alpha value is -6.89. The minimum absolute atomic E-state index is 0.111. The second-order valence-electron chi connectivity index (χ2n) is 13.2. The monoisotopic (exact) mass is 720 g/mol. The van der Waals surface area contributed by atoms with Crippen LogP contribution in [-0.4, -0.2) is 54.9 Å². The van der Waals surface area contributed by atoms with Crippen molar-refractivity contribution in [1.29, 1.82) is 0 Å². The van der Waals surface area contributed by atoms with Crippen LogP contribution in [0.5, 0.6) is 0 Å². The van der Waals surface area contributed by atoms with Gasteiger partial charge in [0.15, 0.2) is 0 Å². The highest BCUT2D eigenvalue weighted by molar-refractivity contribution is 5.91. The summed E-state index contributed by atoms with van der Waals surface area (Å²) in [4.78, 5) is 22.9. The van der Waals surface area contributed by atoms with Gasteiger partial charge < -0.3 is 9.13 Å². The average Bonchev–Trinajstić information content (AvgIpc) is 4.02. The molecule has 0 aliphatic rings. The lowest BCUT2D eigenvalue weighted by Gasteiger charge is -2.18. The zero-order chi connectivity index (χ0) is 37.5. The van der Waals surface area contributed by atoms with Crippen LogP contribution in [0, 0.1) is 25.5 Å². The molecule has 13 heteroatoms. The van der Waals surface area contributed by atoms with E-state index in [-0.39, 0.29) is 29.3 Å². The van der Waals surface area contributed by atoms with Gasteiger partial charge in [-0.2, -0.15) is 0 Å². The smallest absolute Gasteiger partial charge is 0.147 e. The van der Waals surface area contributed by atoms with E-state index in [1.807, 2.05) is 97.8 Å². The number of nitrogens with zero attached hydrogens (tertiary/aromatic N) is 10. The van der Waals surface area contributed by atoms with Gasteiger partial charge in [0.05, 0.1) is 35.4 Å². The third-order valence-electron chi connectivity index (χ3n) is 9.71. The van der Waals surface area contributed by atoms with Gasteiger partial charge in [-0.05, 0) is 97.8 Å². The van der Waals surface area contributed by atoms with Crippen molar-refractivity contribution in [3.8, 4) is 45.5 Å². The molecule has 0 bridgehead atoms. The molecule has 8 rings (SSSR count). The number of hydrogen-bond donors (Lipinski definition) is 0. The second kappa shape index (κ2) is 13.9. The quantitative estimate of drug-likeness (QED) is 0.141. The molecular formula is C41H34F2N10O. The lowest BCUT2D eigenvalue weighted by Crippen LogP contribution is -2.16. The molecule has 0 N–H and O–H groups in total. The molecule has 0 aliphatic carbocycles. The number of carbonyl (C=O) groups excluding carboxylic acids is 1. The Morgan fingerprint density at radius 1 is 0.537 bits per heavy atom. The Bertz CT molecular complexity index is 2400. The maximum absolute atomic E-state index is 13.7. The number of benzene rings is 4. The molecule has 4 aromatic carbocycles. The molecule has 0 amide bonds. The van der Waals surface area contributed by atoms with E-state index in [2.05, 4.69) is 30.6 Å². The van der Waals surface area contributed by atoms with Crippen molar-refractivity contribution in [2.24, 2.45) is 0 Å².